The largest absolute Gasteiger partial charge is 0.309 e. The highest BCUT2D eigenvalue weighted by atomic mass is 79.9. The topological polar surface area (TPSA) is 29.9 Å². The van der Waals surface area contributed by atoms with E-state index in [1.807, 2.05) is 6.20 Å². The van der Waals surface area contributed by atoms with E-state index in [1.54, 1.807) is 0 Å². The Morgan fingerprint density at radius 3 is 2.65 bits per heavy atom. The molecule has 1 atom stereocenters. The second-order valence-corrected chi connectivity index (χ2v) is 5.52. The van der Waals surface area contributed by atoms with Crippen molar-refractivity contribution in [2.45, 2.75) is 59.0 Å². The molecule has 17 heavy (non-hydrogen) atoms. The van der Waals surface area contributed by atoms with Gasteiger partial charge in [-0.15, -0.1) is 0 Å². The molecule has 0 aliphatic rings. The van der Waals surface area contributed by atoms with Crippen LogP contribution in [-0.4, -0.2) is 16.3 Å². The zero-order valence-corrected chi connectivity index (χ0v) is 12.9. The lowest BCUT2D eigenvalue weighted by atomic mass is 10.1. The Kier molecular flexibility index (Phi) is 6.20. The standard InChI is InChI=1S/C13H24BrN3/c1-5-7-8-12(15-6-2)13-11(14)9-16-17(13)10(3)4/h9-10,12,15H,5-8H2,1-4H3. The van der Waals surface area contributed by atoms with Crippen molar-refractivity contribution in [3.63, 3.8) is 0 Å². The van der Waals surface area contributed by atoms with Gasteiger partial charge in [0, 0.05) is 6.04 Å². The Bertz CT molecular complexity index is 333. The van der Waals surface area contributed by atoms with Crippen LogP contribution in [0.5, 0.6) is 0 Å². The Hall–Kier alpha value is -0.350. The Labute approximate surface area is 113 Å². The molecule has 0 saturated carbocycles. The minimum atomic E-state index is 0.402. The summed E-state index contributed by atoms with van der Waals surface area (Å²) in [5, 5.41) is 8.02. The second kappa shape index (κ2) is 7.17. The lowest BCUT2D eigenvalue weighted by Gasteiger charge is -2.21. The van der Waals surface area contributed by atoms with E-state index < -0.39 is 0 Å². The number of halogens is 1. The van der Waals surface area contributed by atoms with Crippen molar-refractivity contribution in [1.29, 1.82) is 0 Å². The molecule has 0 radical (unpaired) electrons. The molecule has 1 N–H and O–H groups in total. The first-order chi connectivity index (χ1) is 8.11. The number of rotatable bonds is 7. The van der Waals surface area contributed by atoms with Gasteiger partial charge in [0.2, 0.25) is 0 Å². The van der Waals surface area contributed by atoms with Crippen LogP contribution in [0.4, 0.5) is 0 Å². The van der Waals surface area contributed by atoms with Crippen LogP contribution in [0.1, 0.15) is 64.7 Å². The molecule has 0 amide bonds. The van der Waals surface area contributed by atoms with Gasteiger partial charge in [0.1, 0.15) is 0 Å². The molecule has 0 spiro atoms. The van der Waals surface area contributed by atoms with Gasteiger partial charge in [-0.3, -0.25) is 4.68 Å². The molecule has 0 aliphatic heterocycles. The summed E-state index contributed by atoms with van der Waals surface area (Å²) >= 11 is 3.62. The monoisotopic (exact) mass is 301 g/mol. The SMILES string of the molecule is CCCCC(NCC)c1c(Br)cnn1C(C)C. The van der Waals surface area contributed by atoms with Gasteiger partial charge in [-0.25, -0.2) is 0 Å². The first kappa shape index (κ1) is 14.7. The van der Waals surface area contributed by atoms with Crippen molar-refractivity contribution >= 4 is 15.9 Å². The molecule has 0 aliphatic carbocycles. The summed E-state index contributed by atoms with van der Waals surface area (Å²) in [5.41, 5.74) is 1.29. The zero-order chi connectivity index (χ0) is 12.8. The van der Waals surface area contributed by atoms with Gasteiger partial charge in [0.25, 0.3) is 0 Å². The summed E-state index contributed by atoms with van der Waals surface area (Å²) in [7, 11) is 0. The number of unbranched alkanes of at least 4 members (excludes halogenated alkanes) is 1. The van der Waals surface area contributed by atoms with E-state index in [0.29, 0.717) is 12.1 Å². The van der Waals surface area contributed by atoms with Gasteiger partial charge in [0.15, 0.2) is 0 Å². The molecule has 0 bridgehead atoms. The molecule has 1 aromatic heterocycles. The van der Waals surface area contributed by atoms with Gasteiger partial charge in [-0.2, -0.15) is 5.10 Å². The van der Waals surface area contributed by atoms with Gasteiger partial charge < -0.3 is 5.32 Å². The fraction of sp³-hybridized carbons (Fsp3) is 0.769. The van der Waals surface area contributed by atoms with Crippen LogP contribution in [-0.2, 0) is 0 Å². The summed E-state index contributed by atoms with van der Waals surface area (Å²) in [6, 6.07) is 0.804. The molecule has 1 aromatic rings. The van der Waals surface area contributed by atoms with Crippen LogP contribution in [0, 0.1) is 0 Å². The van der Waals surface area contributed by atoms with Gasteiger partial charge >= 0.3 is 0 Å². The lowest BCUT2D eigenvalue weighted by Crippen LogP contribution is -2.25. The first-order valence-electron chi connectivity index (χ1n) is 6.58. The maximum absolute atomic E-state index is 4.46. The first-order valence-corrected chi connectivity index (χ1v) is 7.37. The fourth-order valence-corrected chi connectivity index (χ4v) is 2.63. The van der Waals surface area contributed by atoms with Crippen LogP contribution in [0.2, 0.25) is 0 Å². The molecule has 4 heteroatoms. The molecule has 1 heterocycles. The minimum absolute atomic E-state index is 0.402. The highest BCUT2D eigenvalue weighted by Crippen LogP contribution is 2.28. The molecule has 1 rings (SSSR count). The summed E-state index contributed by atoms with van der Waals surface area (Å²) in [4.78, 5) is 0. The summed E-state index contributed by atoms with van der Waals surface area (Å²) < 4.78 is 3.24. The van der Waals surface area contributed by atoms with Gasteiger partial charge in [-0.05, 0) is 42.7 Å². The third kappa shape index (κ3) is 3.81. The van der Waals surface area contributed by atoms with E-state index >= 15 is 0 Å². The fourth-order valence-electron chi connectivity index (χ4n) is 2.08. The molecule has 3 nitrogen and oxygen atoms in total. The van der Waals surface area contributed by atoms with Crippen LogP contribution >= 0.6 is 15.9 Å². The van der Waals surface area contributed by atoms with Gasteiger partial charge in [0.05, 0.1) is 22.4 Å². The maximum atomic E-state index is 4.46. The van der Waals surface area contributed by atoms with Gasteiger partial charge in [-0.1, -0.05) is 26.7 Å². The van der Waals surface area contributed by atoms with E-state index in [2.05, 4.69) is 58.7 Å². The maximum Gasteiger partial charge on any atom is 0.0698 e. The third-order valence-corrected chi connectivity index (χ3v) is 3.51. The smallest absolute Gasteiger partial charge is 0.0698 e. The van der Waals surface area contributed by atoms with E-state index in [9.17, 15) is 0 Å². The van der Waals surface area contributed by atoms with Crippen molar-refractivity contribution in [1.82, 2.24) is 15.1 Å². The summed E-state index contributed by atoms with van der Waals surface area (Å²) in [6.07, 6.45) is 5.55. The second-order valence-electron chi connectivity index (χ2n) is 4.67. The summed E-state index contributed by atoms with van der Waals surface area (Å²) in [6.45, 7) is 9.72. The molecule has 0 saturated heterocycles. The van der Waals surface area contributed by atoms with E-state index in [0.717, 1.165) is 11.0 Å². The predicted octanol–water partition coefficient (Wildman–Crippen LogP) is 4.07. The van der Waals surface area contributed by atoms with Crippen molar-refractivity contribution in [2.24, 2.45) is 0 Å². The average molecular weight is 302 g/mol. The van der Waals surface area contributed by atoms with Crippen LogP contribution in [0.25, 0.3) is 0 Å². The van der Waals surface area contributed by atoms with Crippen LogP contribution < -0.4 is 5.32 Å². The molecular weight excluding hydrogens is 278 g/mol. The third-order valence-electron chi connectivity index (χ3n) is 2.90. The van der Waals surface area contributed by atoms with Crippen molar-refractivity contribution < 1.29 is 0 Å². The zero-order valence-electron chi connectivity index (χ0n) is 11.3. The van der Waals surface area contributed by atoms with E-state index in [-0.39, 0.29) is 0 Å². The number of nitrogens with one attached hydrogen (secondary N) is 1. The quantitative estimate of drug-likeness (QED) is 0.823. The predicted molar refractivity (Wildman–Crippen MR) is 76.3 cm³/mol. The minimum Gasteiger partial charge on any atom is -0.309 e. The van der Waals surface area contributed by atoms with Crippen molar-refractivity contribution in [3.05, 3.63) is 16.4 Å². The number of aromatic nitrogens is 2. The van der Waals surface area contributed by atoms with E-state index in [1.165, 1.54) is 25.0 Å². The normalized spacial score (nSPS) is 13.3. The Balaban J connectivity index is 2.94. The van der Waals surface area contributed by atoms with E-state index in [4.69, 9.17) is 0 Å². The van der Waals surface area contributed by atoms with Crippen molar-refractivity contribution in [3.8, 4) is 0 Å². The van der Waals surface area contributed by atoms with Crippen molar-refractivity contribution in [2.75, 3.05) is 6.54 Å². The average Bonchev–Trinajstić information content (AvgIpc) is 2.66. The van der Waals surface area contributed by atoms with Crippen LogP contribution in [0.3, 0.4) is 0 Å². The molecule has 1 unspecified atom stereocenters. The number of hydrogen-bond donors (Lipinski definition) is 1. The summed E-state index contributed by atoms with van der Waals surface area (Å²) in [5.74, 6) is 0. The molecule has 98 valence electrons. The number of nitrogens with zero attached hydrogens (tertiary/aromatic N) is 2. The Morgan fingerprint density at radius 2 is 2.12 bits per heavy atom. The molecular formula is C13H24BrN3. The number of hydrogen-bond acceptors (Lipinski definition) is 2. The highest BCUT2D eigenvalue weighted by molar-refractivity contribution is 9.10. The van der Waals surface area contributed by atoms with Crippen LogP contribution in [0.15, 0.2) is 10.7 Å². The highest BCUT2D eigenvalue weighted by Gasteiger charge is 2.20. The Morgan fingerprint density at radius 1 is 1.41 bits per heavy atom. The molecule has 0 aromatic carbocycles. The lowest BCUT2D eigenvalue weighted by molar-refractivity contribution is 0.424. The molecule has 0 fully saturated rings.